The number of ether oxygens (including phenoxy) is 1. The van der Waals surface area contributed by atoms with Crippen LogP contribution < -0.4 is 11.1 Å². The molecule has 0 radical (unpaired) electrons. The molecule has 3 N–H and O–H groups in total. The van der Waals surface area contributed by atoms with Crippen LogP contribution in [0.2, 0.25) is 0 Å². The largest absolute Gasteiger partial charge is 0.444 e. The van der Waals surface area contributed by atoms with E-state index < -0.39 is 23.6 Å². The van der Waals surface area contributed by atoms with Crippen LogP contribution in [0.25, 0.3) is 0 Å². The molecular formula is C16H30N4O4. The number of carbonyl (C=O) groups excluding carboxylic acids is 3. The van der Waals surface area contributed by atoms with Gasteiger partial charge >= 0.3 is 12.1 Å². The quantitative estimate of drug-likeness (QED) is 0.797. The normalized spacial score (nSPS) is 20.1. The Morgan fingerprint density at radius 3 is 2.54 bits per heavy atom. The predicted molar refractivity (Wildman–Crippen MR) is 90.3 cm³/mol. The summed E-state index contributed by atoms with van der Waals surface area (Å²) in [5.74, 6) is -0.149. The Labute approximate surface area is 143 Å². The van der Waals surface area contributed by atoms with E-state index in [4.69, 9.17) is 10.5 Å². The molecule has 2 atom stereocenters. The fraction of sp³-hybridized carbons (Fsp3) is 0.812. The lowest BCUT2D eigenvalue weighted by molar-refractivity contribution is -0.125. The van der Waals surface area contributed by atoms with Gasteiger partial charge in [-0.1, -0.05) is 0 Å². The van der Waals surface area contributed by atoms with Crippen molar-refractivity contribution in [3.05, 3.63) is 0 Å². The highest BCUT2D eigenvalue weighted by atomic mass is 16.6. The van der Waals surface area contributed by atoms with Gasteiger partial charge in [-0.25, -0.2) is 9.59 Å². The van der Waals surface area contributed by atoms with Crippen LogP contribution in [0, 0.1) is 5.92 Å². The Kier molecular flexibility index (Phi) is 7.01. The second-order valence-electron chi connectivity index (χ2n) is 7.39. The SMILES string of the molecule is CC(C(=O)NC(N)=O)N1CCCC(CN(C)C(=O)OC(C)(C)C)C1. The molecule has 0 aliphatic carbocycles. The summed E-state index contributed by atoms with van der Waals surface area (Å²) >= 11 is 0. The fourth-order valence-electron chi connectivity index (χ4n) is 2.79. The van der Waals surface area contributed by atoms with E-state index in [1.807, 2.05) is 25.7 Å². The molecule has 8 nitrogen and oxygen atoms in total. The molecule has 0 saturated carbocycles. The summed E-state index contributed by atoms with van der Waals surface area (Å²) < 4.78 is 5.36. The Hall–Kier alpha value is -1.83. The molecule has 1 aliphatic heterocycles. The molecule has 2 unspecified atom stereocenters. The van der Waals surface area contributed by atoms with Crippen molar-refractivity contribution in [3.8, 4) is 0 Å². The van der Waals surface area contributed by atoms with Crippen molar-refractivity contribution in [1.29, 1.82) is 0 Å². The van der Waals surface area contributed by atoms with E-state index in [0.29, 0.717) is 13.1 Å². The number of carbonyl (C=O) groups is 3. The summed E-state index contributed by atoms with van der Waals surface area (Å²) in [6.45, 7) is 9.27. The summed E-state index contributed by atoms with van der Waals surface area (Å²) in [5, 5.41) is 2.11. The number of nitrogens with one attached hydrogen (secondary N) is 1. The van der Waals surface area contributed by atoms with Crippen molar-refractivity contribution in [3.63, 3.8) is 0 Å². The highest BCUT2D eigenvalue weighted by Crippen LogP contribution is 2.20. The molecule has 0 aromatic rings. The third kappa shape index (κ3) is 6.74. The number of nitrogens with zero attached hydrogens (tertiary/aromatic N) is 2. The van der Waals surface area contributed by atoms with Crippen molar-refractivity contribution < 1.29 is 19.1 Å². The number of amides is 4. The number of urea groups is 1. The minimum Gasteiger partial charge on any atom is -0.444 e. The van der Waals surface area contributed by atoms with Crippen LogP contribution in [0.15, 0.2) is 0 Å². The van der Waals surface area contributed by atoms with Crippen LogP contribution in [0.3, 0.4) is 0 Å². The number of imide groups is 1. The molecule has 0 bridgehead atoms. The molecule has 24 heavy (non-hydrogen) atoms. The number of piperidine rings is 1. The first-order valence-corrected chi connectivity index (χ1v) is 8.28. The molecule has 1 heterocycles. The van der Waals surface area contributed by atoms with Gasteiger partial charge in [0.15, 0.2) is 0 Å². The summed E-state index contributed by atoms with van der Waals surface area (Å²) in [7, 11) is 1.72. The Morgan fingerprint density at radius 1 is 1.38 bits per heavy atom. The number of hydrogen-bond acceptors (Lipinski definition) is 5. The maximum atomic E-state index is 12.1. The van der Waals surface area contributed by atoms with Crippen LogP contribution >= 0.6 is 0 Å². The van der Waals surface area contributed by atoms with Crippen molar-refractivity contribution in [2.75, 3.05) is 26.7 Å². The second-order valence-corrected chi connectivity index (χ2v) is 7.39. The predicted octanol–water partition coefficient (Wildman–Crippen LogP) is 1.15. The highest BCUT2D eigenvalue weighted by Gasteiger charge is 2.29. The zero-order chi connectivity index (χ0) is 18.5. The average Bonchev–Trinajstić information content (AvgIpc) is 2.44. The first-order valence-electron chi connectivity index (χ1n) is 8.28. The van der Waals surface area contributed by atoms with Gasteiger partial charge < -0.3 is 15.4 Å². The number of hydrogen-bond donors (Lipinski definition) is 2. The lowest BCUT2D eigenvalue weighted by atomic mass is 9.96. The van der Waals surface area contributed by atoms with Gasteiger partial charge in [0.25, 0.3) is 0 Å². The number of nitrogens with two attached hydrogens (primary N) is 1. The van der Waals surface area contributed by atoms with Crippen LogP contribution in [0.1, 0.15) is 40.5 Å². The standard InChI is InChI=1S/C16H30N4O4/c1-11(13(21)18-14(17)22)20-8-6-7-12(10-20)9-19(5)15(23)24-16(2,3)4/h11-12H,6-10H2,1-5H3,(H3,17,18,21,22). The smallest absolute Gasteiger partial charge is 0.410 e. The van der Waals surface area contributed by atoms with Crippen LogP contribution in [0.5, 0.6) is 0 Å². The molecular weight excluding hydrogens is 312 g/mol. The van der Waals surface area contributed by atoms with Crippen LogP contribution in [-0.4, -0.2) is 66.2 Å². The van der Waals surface area contributed by atoms with Crippen LogP contribution in [-0.2, 0) is 9.53 Å². The minimum atomic E-state index is -0.843. The van der Waals surface area contributed by atoms with Crippen molar-refractivity contribution in [1.82, 2.24) is 15.1 Å². The lowest BCUT2D eigenvalue weighted by Crippen LogP contribution is -2.52. The molecule has 0 aromatic carbocycles. The van der Waals surface area contributed by atoms with Crippen LogP contribution in [0.4, 0.5) is 9.59 Å². The Balaban J connectivity index is 2.55. The summed E-state index contributed by atoms with van der Waals surface area (Å²) in [6, 6.07) is -1.28. The van der Waals surface area contributed by atoms with Gasteiger partial charge in [-0.2, -0.15) is 0 Å². The molecule has 1 rings (SSSR count). The van der Waals surface area contributed by atoms with Gasteiger partial charge in [0.2, 0.25) is 5.91 Å². The van der Waals surface area contributed by atoms with E-state index in [1.165, 1.54) is 0 Å². The maximum Gasteiger partial charge on any atom is 0.410 e. The molecule has 1 saturated heterocycles. The zero-order valence-electron chi connectivity index (χ0n) is 15.3. The third-order valence-corrected chi connectivity index (χ3v) is 3.96. The zero-order valence-corrected chi connectivity index (χ0v) is 15.3. The van der Waals surface area contributed by atoms with E-state index in [2.05, 4.69) is 5.32 Å². The average molecular weight is 342 g/mol. The molecule has 0 aromatic heterocycles. The van der Waals surface area contributed by atoms with Gasteiger partial charge in [-0.3, -0.25) is 15.0 Å². The highest BCUT2D eigenvalue weighted by molar-refractivity contribution is 5.96. The molecule has 1 aliphatic rings. The second kappa shape index (κ2) is 8.32. The van der Waals surface area contributed by atoms with Gasteiger partial charge in [-0.15, -0.1) is 0 Å². The van der Waals surface area contributed by atoms with Gasteiger partial charge in [0.05, 0.1) is 6.04 Å². The minimum absolute atomic E-state index is 0.250. The van der Waals surface area contributed by atoms with E-state index in [1.54, 1.807) is 18.9 Å². The lowest BCUT2D eigenvalue weighted by Gasteiger charge is -2.37. The first-order chi connectivity index (χ1) is 11.0. The van der Waals surface area contributed by atoms with E-state index in [0.717, 1.165) is 19.4 Å². The molecule has 4 amide bonds. The van der Waals surface area contributed by atoms with Crippen molar-refractivity contribution in [2.45, 2.75) is 52.2 Å². The fourth-order valence-corrected chi connectivity index (χ4v) is 2.79. The Bertz CT molecular complexity index is 475. The first kappa shape index (κ1) is 20.2. The number of likely N-dealkylation sites (tertiary alicyclic amines) is 1. The third-order valence-electron chi connectivity index (χ3n) is 3.96. The number of primary amides is 1. The molecule has 8 heteroatoms. The van der Waals surface area contributed by atoms with Crippen molar-refractivity contribution in [2.24, 2.45) is 11.7 Å². The molecule has 0 spiro atoms. The van der Waals surface area contributed by atoms with E-state index >= 15 is 0 Å². The summed E-state index contributed by atoms with van der Waals surface area (Å²) in [6.07, 6.45) is 1.56. The van der Waals surface area contributed by atoms with Gasteiger partial charge in [0, 0.05) is 20.1 Å². The number of rotatable bonds is 4. The Morgan fingerprint density at radius 2 is 2.00 bits per heavy atom. The topological polar surface area (TPSA) is 105 Å². The van der Waals surface area contributed by atoms with Gasteiger partial charge in [0.1, 0.15) is 5.60 Å². The summed E-state index contributed by atoms with van der Waals surface area (Å²) in [5.41, 5.74) is 4.47. The molecule has 138 valence electrons. The maximum absolute atomic E-state index is 12.1. The monoisotopic (exact) mass is 342 g/mol. The van der Waals surface area contributed by atoms with E-state index in [9.17, 15) is 14.4 Å². The summed E-state index contributed by atoms with van der Waals surface area (Å²) in [4.78, 5) is 38.4. The molecule has 1 fully saturated rings. The van der Waals surface area contributed by atoms with E-state index in [-0.39, 0.29) is 12.0 Å². The van der Waals surface area contributed by atoms with Crippen molar-refractivity contribution >= 4 is 18.0 Å². The van der Waals surface area contributed by atoms with Gasteiger partial charge in [-0.05, 0) is 53.0 Å².